The molecule has 2 aromatic rings. The van der Waals surface area contributed by atoms with E-state index in [-0.39, 0.29) is 17.4 Å². The van der Waals surface area contributed by atoms with Gasteiger partial charge in [-0.05, 0) is 35.4 Å². The van der Waals surface area contributed by atoms with E-state index in [9.17, 15) is 19.2 Å². The van der Waals surface area contributed by atoms with Gasteiger partial charge in [-0.2, -0.15) is 5.26 Å². The Kier molecular flexibility index (Phi) is 9.87. The maximum absolute atomic E-state index is 12.0. The van der Waals surface area contributed by atoms with Crippen LogP contribution in [0.5, 0.6) is 5.75 Å². The highest BCUT2D eigenvalue weighted by molar-refractivity contribution is 6.32. The number of ether oxygens (including phenoxy) is 6. The number of halogens is 1. The summed E-state index contributed by atoms with van der Waals surface area (Å²) in [5.41, 5.74) is 2.04. The number of carbonyl (C=O) groups excluding carboxylic acids is 4. The smallest absolute Gasteiger partial charge is 0.303 e. The van der Waals surface area contributed by atoms with E-state index in [1.807, 2.05) is 0 Å². The quantitative estimate of drug-likeness (QED) is 0.346. The van der Waals surface area contributed by atoms with Crippen molar-refractivity contribution in [2.24, 2.45) is 0 Å². The largest absolute Gasteiger partial charge is 0.463 e. The van der Waals surface area contributed by atoms with Crippen molar-refractivity contribution >= 4 is 35.5 Å². The van der Waals surface area contributed by atoms with Gasteiger partial charge in [0.1, 0.15) is 18.5 Å². The Morgan fingerprint density at radius 1 is 0.821 bits per heavy atom. The van der Waals surface area contributed by atoms with E-state index in [2.05, 4.69) is 6.07 Å². The van der Waals surface area contributed by atoms with Gasteiger partial charge in [0.15, 0.2) is 12.2 Å². The van der Waals surface area contributed by atoms with Gasteiger partial charge in [-0.15, -0.1) is 0 Å². The van der Waals surface area contributed by atoms with E-state index in [0.29, 0.717) is 5.56 Å². The molecule has 39 heavy (non-hydrogen) atoms. The molecule has 12 heteroatoms. The van der Waals surface area contributed by atoms with Gasteiger partial charge in [-0.1, -0.05) is 29.8 Å². The Hall–Kier alpha value is -4.14. The van der Waals surface area contributed by atoms with Crippen molar-refractivity contribution in [3.05, 3.63) is 53.1 Å². The number of hydrogen-bond donors (Lipinski definition) is 0. The zero-order valence-corrected chi connectivity index (χ0v) is 22.3. The van der Waals surface area contributed by atoms with Gasteiger partial charge in [-0.25, -0.2) is 0 Å². The van der Waals surface area contributed by atoms with E-state index in [1.165, 1.54) is 6.92 Å². The Bertz CT molecular complexity index is 1270. The molecule has 206 valence electrons. The van der Waals surface area contributed by atoms with E-state index < -0.39 is 54.6 Å². The van der Waals surface area contributed by atoms with Crippen LogP contribution in [0, 0.1) is 11.3 Å². The van der Waals surface area contributed by atoms with Crippen LogP contribution in [0.2, 0.25) is 5.02 Å². The molecule has 0 aromatic heterocycles. The van der Waals surface area contributed by atoms with Crippen LogP contribution < -0.4 is 4.74 Å². The fourth-order valence-electron chi connectivity index (χ4n) is 3.92. The molecule has 1 aliphatic rings. The topological polar surface area (TPSA) is 147 Å². The van der Waals surface area contributed by atoms with Crippen LogP contribution in [0.3, 0.4) is 0 Å². The van der Waals surface area contributed by atoms with Crippen molar-refractivity contribution in [3.8, 4) is 22.9 Å². The molecule has 0 amide bonds. The second-order valence-electron chi connectivity index (χ2n) is 8.52. The van der Waals surface area contributed by atoms with Crippen LogP contribution in [0.15, 0.2) is 42.5 Å². The lowest BCUT2D eigenvalue weighted by Gasteiger charge is -2.44. The molecule has 0 spiro atoms. The lowest BCUT2D eigenvalue weighted by atomic mass is 9.98. The van der Waals surface area contributed by atoms with E-state index in [4.69, 9.17) is 45.3 Å². The Morgan fingerprint density at radius 3 is 1.92 bits per heavy atom. The molecule has 2 aromatic carbocycles. The molecule has 11 nitrogen and oxygen atoms in total. The van der Waals surface area contributed by atoms with E-state index in [0.717, 1.165) is 31.9 Å². The number of hydrogen-bond acceptors (Lipinski definition) is 11. The molecule has 0 aliphatic carbocycles. The fraction of sp³-hybridized carbons (Fsp3) is 0.370. The van der Waals surface area contributed by atoms with Gasteiger partial charge >= 0.3 is 23.9 Å². The molecule has 1 saturated heterocycles. The van der Waals surface area contributed by atoms with Gasteiger partial charge in [0.2, 0.25) is 12.4 Å². The Labute approximate surface area is 229 Å². The minimum absolute atomic E-state index is 0.134. The average molecular weight is 560 g/mol. The van der Waals surface area contributed by atoms with Crippen LogP contribution in [0.1, 0.15) is 33.3 Å². The molecular formula is C27H26ClNO10. The van der Waals surface area contributed by atoms with Crippen molar-refractivity contribution in [3.63, 3.8) is 0 Å². The number of nitrogens with zero attached hydrogens (tertiary/aromatic N) is 1. The highest BCUT2D eigenvalue weighted by atomic mass is 35.5. The van der Waals surface area contributed by atoms with Gasteiger partial charge in [0, 0.05) is 27.7 Å². The predicted octanol–water partition coefficient (Wildman–Crippen LogP) is 3.34. The van der Waals surface area contributed by atoms with Gasteiger partial charge in [0.25, 0.3) is 0 Å². The molecule has 1 aliphatic heterocycles. The van der Waals surface area contributed by atoms with Crippen molar-refractivity contribution in [1.82, 2.24) is 0 Å². The molecule has 1 fully saturated rings. The number of carbonyl (C=O) groups is 4. The predicted molar refractivity (Wildman–Crippen MR) is 134 cm³/mol. The third-order valence-electron chi connectivity index (χ3n) is 5.47. The molecule has 0 N–H and O–H groups in total. The molecule has 1 heterocycles. The summed E-state index contributed by atoms with van der Waals surface area (Å²) >= 11 is 6.50. The summed E-state index contributed by atoms with van der Waals surface area (Å²) in [7, 11) is 0. The monoisotopic (exact) mass is 559 g/mol. The van der Waals surface area contributed by atoms with Crippen molar-refractivity contribution in [2.45, 2.75) is 58.4 Å². The van der Waals surface area contributed by atoms with Crippen molar-refractivity contribution in [2.75, 3.05) is 6.61 Å². The summed E-state index contributed by atoms with van der Waals surface area (Å²) < 4.78 is 33.1. The minimum Gasteiger partial charge on any atom is -0.463 e. The molecule has 0 radical (unpaired) electrons. The normalized spacial score (nSPS) is 22.1. The van der Waals surface area contributed by atoms with Gasteiger partial charge < -0.3 is 28.4 Å². The van der Waals surface area contributed by atoms with E-state index in [1.54, 1.807) is 42.5 Å². The van der Waals surface area contributed by atoms with Crippen LogP contribution in [0.4, 0.5) is 0 Å². The third-order valence-corrected chi connectivity index (χ3v) is 5.77. The van der Waals surface area contributed by atoms with Gasteiger partial charge in [-0.3, -0.25) is 19.2 Å². The van der Waals surface area contributed by atoms with Crippen molar-refractivity contribution < 1.29 is 47.6 Å². The molecular weight excluding hydrogens is 534 g/mol. The van der Waals surface area contributed by atoms with Crippen LogP contribution in [-0.2, 0) is 42.9 Å². The summed E-state index contributed by atoms with van der Waals surface area (Å²) in [4.78, 5) is 47.3. The summed E-state index contributed by atoms with van der Waals surface area (Å²) in [6, 6.07) is 13.8. The van der Waals surface area contributed by atoms with Gasteiger partial charge in [0.05, 0.1) is 16.7 Å². The van der Waals surface area contributed by atoms with Crippen LogP contribution in [0.25, 0.3) is 11.1 Å². The lowest BCUT2D eigenvalue weighted by Crippen LogP contribution is -2.63. The van der Waals surface area contributed by atoms with Crippen LogP contribution >= 0.6 is 11.6 Å². The number of nitriles is 1. The highest BCUT2D eigenvalue weighted by Gasteiger charge is 2.53. The standard InChI is InChI=1S/C27H26ClNO10/c1-14(30)34-13-23-24(35-15(2)31)25(36-16(3)32)26(37-17(4)33)27(39-23)38-22-10-9-20(11-21(22)28)19-7-5-18(12-29)6-8-19/h5-11,23-27H,13H2,1-4H3/t23-,24-,25+,26+,27+/m1/s1. The van der Waals surface area contributed by atoms with Crippen LogP contribution in [-0.4, -0.2) is 61.2 Å². The number of esters is 4. The highest BCUT2D eigenvalue weighted by Crippen LogP contribution is 2.35. The zero-order chi connectivity index (χ0) is 28.7. The second kappa shape index (κ2) is 13.1. The maximum Gasteiger partial charge on any atom is 0.303 e. The summed E-state index contributed by atoms with van der Waals surface area (Å²) in [5, 5.41) is 9.18. The summed E-state index contributed by atoms with van der Waals surface area (Å²) in [6.07, 6.45) is -6.63. The number of rotatable bonds is 8. The first-order valence-electron chi connectivity index (χ1n) is 11.8. The molecule has 3 rings (SSSR count). The third kappa shape index (κ3) is 7.92. The number of benzene rings is 2. The zero-order valence-electron chi connectivity index (χ0n) is 21.5. The fourth-order valence-corrected chi connectivity index (χ4v) is 4.15. The average Bonchev–Trinajstić information content (AvgIpc) is 2.86. The lowest BCUT2D eigenvalue weighted by molar-refractivity contribution is -0.288. The SMILES string of the molecule is CC(=O)OC[C@H]1O[C@H](Oc2ccc(-c3ccc(C#N)cc3)cc2Cl)[C@@H](OC(C)=O)[C@@H](OC(C)=O)[C@@H]1OC(C)=O. The van der Waals surface area contributed by atoms with Crippen molar-refractivity contribution in [1.29, 1.82) is 5.26 Å². The molecule has 0 unspecified atom stereocenters. The summed E-state index contributed by atoms with van der Waals surface area (Å²) in [6.45, 7) is 4.18. The first-order chi connectivity index (χ1) is 18.5. The first-order valence-corrected chi connectivity index (χ1v) is 12.1. The minimum atomic E-state index is -1.41. The molecule has 5 atom stereocenters. The molecule has 0 saturated carbocycles. The maximum atomic E-state index is 12.0. The summed E-state index contributed by atoms with van der Waals surface area (Å²) in [5.74, 6) is -2.75. The Balaban J connectivity index is 1.97. The Morgan fingerprint density at radius 2 is 1.38 bits per heavy atom. The second-order valence-corrected chi connectivity index (χ2v) is 8.93. The van der Waals surface area contributed by atoms with E-state index >= 15 is 0 Å². The first kappa shape index (κ1) is 29.4. The molecule has 0 bridgehead atoms.